The van der Waals surface area contributed by atoms with E-state index in [1.807, 2.05) is 7.05 Å². The van der Waals surface area contributed by atoms with Gasteiger partial charge in [-0.1, -0.05) is 27.7 Å². The zero-order valence-corrected chi connectivity index (χ0v) is 15.3. The number of methoxy groups -OCH3 is 1. The smallest absolute Gasteiger partial charge is 0.191 e. The molecule has 1 aliphatic carbocycles. The Bertz CT molecular complexity index is 328. The molecule has 0 spiro atoms. The summed E-state index contributed by atoms with van der Waals surface area (Å²) in [5.41, 5.74) is 0.122. The Morgan fingerprint density at radius 2 is 2.10 bits per heavy atom. The highest BCUT2D eigenvalue weighted by atomic mass is 32.2. The maximum atomic E-state index is 5.58. The maximum Gasteiger partial charge on any atom is 0.191 e. The lowest BCUT2D eigenvalue weighted by Gasteiger charge is -2.30. The van der Waals surface area contributed by atoms with Gasteiger partial charge < -0.3 is 15.4 Å². The van der Waals surface area contributed by atoms with Crippen LogP contribution >= 0.6 is 11.8 Å². The van der Waals surface area contributed by atoms with Crippen LogP contribution in [0.2, 0.25) is 0 Å². The molecule has 5 heteroatoms. The predicted octanol–water partition coefficient (Wildman–Crippen LogP) is 2.89. The third-order valence-corrected chi connectivity index (χ3v) is 5.29. The SMILES string of the molecule is CCSC1CCC(NC(=NC)NCC(OC)C(C)(C)C)C1. The summed E-state index contributed by atoms with van der Waals surface area (Å²) >= 11 is 2.08. The molecule has 0 aromatic carbocycles. The van der Waals surface area contributed by atoms with Crippen molar-refractivity contribution in [2.24, 2.45) is 10.4 Å². The highest BCUT2D eigenvalue weighted by Crippen LogP contribution is 2.29. The first-order chi connectivity index (χ1) is 9.90. The molecule has 3 atom stereocenters. The molecule has 3 unspecified atom stereocenters. The van der Waals surface area contributed by atoms with E-state index in [1.54, 1.807) is 7.11 Å². The average Bonchev–Trinajstić information content (AvgIpc) is 2.84. The second kappa shape index (κ2) is 8.89. The summed E-state index contributed by atoms with van der Waals surface area (Å²) in [6.07, 6.45) is 3.97. The molecule has 0 aromatic rings. The van der Waals surface area contributed by atoms with Crippen LogP contribution in [0.3, 0.4) is 0 Å². The highest BCUT2D eigenvalue weighted by molar-refractivity contribution is 7.99. The fraction of sp³-hybridized carbons (Fsp3) is 0.938. The van der Waals surface area contributed by atoms with Crippen molar-refractivity contribution in [3.63, 3.8) is 0 Å². The molecule has 0 radical (unpaired) electrons. The van der Waals surface area contributed by atoms with Gasteiger partial charge in [0.05, 0.1) is 6.10 Å². The van der Waals surface area contributed by atoms with Crippen molar-refractivity contribution in [2.75, 3.05) is 26.5 Å². The molecule has 0 aliphatic heterocycles. The Morgan fingerprint density at radius 1 is 1.38 bits per heavy atom. The number of nitrogens with zero attached hydrogens (tertiary/aromatic N) is 1. The third-order valence-electron chi connectivity index (χ3n) is 4.06. The fourth-order valence-corrected chi connectivity index (χ4v) is 3.92. The molecule has 1 saturated carbocycles. The van der Waals surface area contributed by atoms with E-state index in [-0.39, 0.29) is 11.5 Å². The molecule has 21 heavy (non-hydrogen) atoms. The number of nitrogens with one attached hydrogen (secondary N) is 2. The van der Waals surface area contributed by atoms with E-state index in [9.17, 15) is 0 Å². The number of rotatable bonds is 6. The van der Waals surface area contributed by atoms with E-state index in [2.05, 4.69) is 55.1 Å². The van der Waals surface area contributed by atoms with Gasteiger partial charge in [0.1, 0.15) is 0 Å². The number of ether oxygens (including phenoxy) is 1. The number of guanidine groups is 1. The number of thioether (sulfide) groups is 1. The zero-order valence-electron chi connectivity index (χ0n) is 14.5. The Morgan fingerprint density at radius 3 is 2.62 bits per heavy atom. The van der Waals surface area contributed by atoms with E-state index in [0.717, 1.165) is 17.8 Å². The molecule has 0 heterocycles. The van der Waals surface area contributed by atoms with Crippen molar-refractivity contribution in [3.05, 3.63) is 0 Å². The lowest BCUT2D eigenvalue weighted by atomic mass is 9.89. The lowest BCUT2D eigenvalue weighted by Crippen LogP contribution is -2.47. The summed E-state index contributed by atoms with van der Waals surface area (Å²) in [6.45, 7) is 9.61. The Labute approximate surface area is 134 Å². The molecule has 1 aliphatic rings. The number of hydrogen-bond acceptors (Lipinski definition) is 3. The molecule has 0 aromatic heterocycles. The van der Waals surface area contributed by atoms with Crippen molar-refractivity contribution < 1.29 is 4.74 Å². The number of hydrogen-bond donors (Lipinski definition) is 2. The van der Waals surface area contributed by atoms with Gasteiger partial charge in [-0.3, -0.25) is 4.99 Å². The molecule has 1 fully saturated rings. The average molecular weight is 316 g/mol. The molecule has 0 bridgehead atoms. The molecule has 2 N–H and O–H groups in total. The van der Waals surface area contributed by atoms with Crippen LogP contribution in [0.5, 0.6) is 0 Å². The first-order valence-corrected chi connectivity index (χ1v) is 9.07. The van der Waals surface area contributed by atoms with Gasteiger partial charge in [-0.15, -0.1) is 0 Å². The zero-order chi connectivity index (χ0) is 15.9. The van der Waals surface area contributed by atoms with Crippen LogP contribution in [0.4, 0.5) is 0 Å². The first-order valence-electron chi connectivity index (χ1n) is 8.02. The highest BCUT2D eigenvalue weighted by Gasteiger charge is 2.27. The van der Waals surface area contributed by atoms with Crippen LogP contribution in [0.25, 0.3) is 0 Å². The van der Waals surface area contributed by atoms with Crippen LogP contribution in [0.15, 0.2) is 4.99 Å². The van der Waals surface area contributed by atoms with Crippen LogP contribution in [-0.2, 0) is 4.74 Å². The fourth-order valence-electron chi connectivity index (χ4n) is 2.78. The lowest BCUT2D eigenvalue weighted by molar-refractivity contribution is 0.0205. The second-order valence-electron chi connectivity index (χ2n) is 6.78. The Hall–Kier alpha value is -0.420. The van der Waals surface area contributed by atoms with Crippen molar-refractivity contribution in [1.29, 1.82) is 0 Å². The largest absolute Gasteiger partial charge is 0.379 e. The minimum Gasteiger partial charge on any atom is -0.379 e. The Balaban J connectivity index is 2.39. The van der Waals surface area contributed by atoms with Crippen LogP contribution in [-0.4, -0.2) is 49.8 Å². The van der Waals surface area contributed by atoms with E-state index >= 15 is 0 Å². The van der Waals surface area contributed by atoms with Gasteiger partial charge in [0.2, 0.25) is 0 Å². The van der Waals surface area contributed by atoms with Gasteiger partial charge in [0.25, 0.3) is 0 Å². The molecular formula is C16H33N3OS. The summed E-state index contributed by atoms with van der Waals surface area (Å²) in [7, 11) is 3.61. The van der Waals surface area contributed by atoms with Gasteiger partial charge in [-0.25, -0.2) is 0 Å². The van der Waals surface area contributed by atoms with Crippen molar-refractivity contribution >= 4 is 17.7 Å². The minimum absolute atomic E-state index is 0.122. The number of aliphatic imine (C=N–C) groups is 1. The second-order valence-corrected chi connectivity index (χ2v) is 8.35. The van der Waals surface area contributed by atoms with Crippen LogP contribution in [0, 0.1) is 5.41 Å². The van der Waals surface area contributed by atoms with Gasteiger partial charge in [0.15, 0.2) is 5.96 Å². The summed E-state index contributed by atoms with van der Waals surface area (Å²) < 4.78 is 5.58. The molecule has 124 valence electrons. The van der Waals surface area contributed by atoms with Gasteiger partial charge in [0, 0.05) is 32.0 Å². The van der Waals surface area contributed by atoms with E-state index in [0.29, 0.717) is 6.04 Å². The van der Waals surface area contributed by atoms with Crippen molar-refractivity contribution in [3.8, 4) is 0 Å². The molecular weight excluding hydrogens is 282 g/mol. The van der Waals surface area contributed by atoms with Crippen molar-refractivity contribution in [2.45, 2.75) is 64.4 Å². The molecule has 1 rings (SSSR count). The summed E-state index contributed by atoms with van der Waals surface area (Å²) in [5.74, 6) is 2.11. The summed E-state index contributed by atoms with van der Waals surface area (Å²) in [5, 5.41) is 7.77. The topological polar surface area (TPSA) is 45.7 Å². The predicted molar refractivity (Wildman–Crippen MR) is 94.3 cm³/mol. The maximum absolute atomic E-state index is 5.58. The normalized spacial score (nSPS) is 25.0. The Kier molecular flexibility index (Phi) is 7.88. The van der Waals surface area contributed by atoms with E-state index in [4.69, 9.17) is 4.74 Å². The van der Waals surface area contributed by atoms with Gasteiger partial charge in [-0.2, -0.15) is 11.8 Å². The van der Waals surface area contributed by atoms with E-state index in [1.165, 1.54) is 25.0 Å². The van der Waals surface area contributed by atoms with Gasteiger partial charge in [-0.05, 0) is 30.4 Å². The van der Waals surface area contributed by atoms with Crippen molar-refractivity contribution in [1.82, 2.24) is 10.6 Å². The van der Waals surface area contributed by atoms with Crippen LogP contribution < -0.4 is 10.6 Å². The third kappa shape index (κ3) is 6.47. The summed E-state index contributed by atoms with van der Waals surface area (Å²) in [4.78, 5) is 4.34. The quantitative estimate of drug-likeness (QED) is 0.584. The van der Waals surface area contributed by atoms with Gasteiger partial charge >= 0.3 is 0 Å². The minimum atomic E-state index is 0.122. The molecule has 0 amide bonds. The summed E-state index contributed by atoms with van der Waals surface area (Å²) in [6, 6.07) is 0.552. The van der Waals surface area contributed by atoms with Crippen LogP contribution in [0.1, 0.15) is 47.0 Å². The molecule has 4 nitrogen and oxygen atoms in total. The monoisotopic (exact) mass is 315 g/mol. The molecule has 0 saturated heterocycles. The standard InChI is InChI=1S/C16H33N3OS/c1-7-21-13-9-8-12(10-13)19-15(17-5)18-11-14(20-6)16(2,3)4/h12-14H,7-11H2,1-6H3,(H2,17,18,19). The first kappa shape index (κ1) is 18.6. The van der Waals surface area contributed by atoms with E-state index < -0.39 is 0 Å².